The summed E-state index contributed by atoms with van der Waals surface area (Å²) in [6, 6.07) is 0. The summed E-state index contributed by atoms with van der Waals surface area (Å²) >= 11 is 0. The maximum Gasteiger partial charge on any atom is 0.146 e. The van der Waals surface area contributed by atoms with Crippen molar-refractivity contribution in [2.24, 2.45) is 0 Å². The molecule has 228 valence electrons. The molecule has 15 heteroatoms. The second-order valence-electron chi connectivity index (χ2n) is 9.78. The van der Waals surface area contributed by atoms with Crippen LogP contribution in [0, 0.1) is 0 Å². The van der Waals surface area contributed by atoms with Gasteiger partial charge in [-0.25, -0.2) is 0 Å². The zero-order chi connectivity index (χ0) is 27.8. The molecule has 0 amide bonds. The van der Waals surface area contributed by atoms with E-state index in [1.807, 2.05) is 0 Å². The van der Waals surface area contributed by atoms with Crippen LogP contribution < -0.4 is 0 Å². The lowest BCUT2D eigenvalue weighted by atomic mass is 10.1. The first-order valence-corrected chi connectivity index (χ1v) is 13.1. The standard InChI is InChI=1S/C24H45N3O12/c1-28-10-34-16-7-25-22(19(16)37-13-31-4)26-8-17(35-11-29-2)21(39-15-33-6)24(26)27-9-18(36-12-30-3)20(23(25)27)38-14-32-5/h16-24H,7-15H2,1-6H3/t16-,17-,18-,19+,20+,21+,22?,23?,24?/m0/s1. The van der Waals surface area contributed by atoms with Crippen molar-refractivity contribution in [3.8, 4) is 0 Å². The second-order valence-corrected chi connectivity index (χ2v) is 9.78. The number of methoxy groups -OCH3 is 6. The molecule has 0 aromatic rings. The van der Waals surface area contributed by atoms with Crippen LogP contribution in [0.15, 0.2) is 0 Å². The molecule has 39 heavy (non-hydrogen) atoms. The molecule has 0 aromatic carbocycles. The Morgan fingerprint density at radius 2 is 0.615 bits per heavy atom. The van der Waals surface area contributed by atoms with Crippen LogP contribution >= 0.6 is 0 Å². The van der Waals surface area contributed by atoms with Crippen molar-refractivity contribution in [3.05, 3.63) is 0 Å². The van der Waals surface area contributed by atoms with Gasteiger partial charge in [-0.05, 0) is 0 Å². The Bertz CT molecular complexity index is 611. The number of ether oxygens (including phenoxy) is 12. The number of rotatable bonds is 18. The fourth-order valence-corrected chi connectivity index (χ4v) is 6.26. The Labute approximate surface area is 230 Å². The molecular formula is C24H45N3O12. The van der Waals surface area contributed by atoms with E-state index in [9.17, 15) is 0 Å². The van der Waals surface area contributed by atoms with Crippen LogP contribution in [0.25, 0.3) is 0 Å². The van der Waals surface area contributed by atoms with Crippen LogP contribution in [0.4, 0.5) is 0 Å². The third kappa shape index (κ3) is 6.74. The molecular weight excluding hydrogens is 522 g/mol. The Morgan fingerprint density at radius 3 is 0.846 bits per heavy atom. The normalized spacial score (nSPS) is 36.9. The maximum absolute atomic E-state index is 6.28. The monoisotopic (exact) mass is 567 g/mol. The maximum atomic E-state index is 6.28. The predicted molar refractivity (Wildman–Crippen MR) is 132 cm³/mol. The number of hydrogen-bond donors (Lipinski definition) is 0. The van der Waals surface area contributed by atoms with E-state index >= 15 is 0 Å². The molecule has 0 bridgehead atoms. The first-order valence-electron chi connectivity index (χ1n) is 13.1. The summed E-state index contributed by atoms with van der Waals surface area (Å²) in [5, 5.41) is 0. The highest BCUT2D eigenvalue weighted by Gasteiger charge is 2.66. The third-order valence-corrected chi connectivity index (χ3v) is 7.53. The Hall–Kier alpha value is -0.600. The van der Waals surface area contributed by atoms with Crippen molar-refractivity contribution in [1.82, 2.24) is 14.7 Å². The molecule has 4 heterocycles. The molecule has 0 N–H and O–H groups in total. The summed E-state index contributed by atoms with van der Waals surface area (Å²) in [4.78, 5) is 7.04. The van der Waals surface area contributed by atoms with Crippen LogP contribution in [-0.4, -0.2) is 173 Å². The van der Waals surface area contributed by atoms with Crippen LogP contribution in [0.5, 0.6) is 0 Å². The Morgan fingerprint density at radius 1 is 0.385 bits per heavy atom. The molecule has 4 saturated heterocycles. The van der Waals surface area contributed by atoms with Gasteiger partial charge in [-0.2, -0.15) is 0 Å². The van der Waals surface area contributed by atoms with E-state index in [-0.39, 0.29) is 95.9 Å². The first kappa shape index (κ1) is 31.3. The van der Waals surface area contributed by atoms with Crippen molar-refractivity contribution in [2.45, 2.75) is 55.1 Å². The lowest BCUT2D eigenvalue weighted by Gasteiger charge is -2.53. The number of nitrogens with zero attached hydrogens (tertiary/aromatic N) is 3. The predicted octanol–water partition coefficient (Wildman–Crippen LogP) is -1.14. The van der Waals surface area contributed by atoms with Gasteiger partial charge in [-0.1, -0.05) is 0 Å². The highest BCUT2D eigenvalue weighted by molar-refractivity contribution is 5.14. The number of fused-ring (bicyclic) bond motifs is 6. The topological polar surface area (TPSA) is 120 Å². The smallest absolute Gasteiger partial charge is 0.146 e. The van der Waals surface area contributed by atoms with Crippen molar-refractivity contribution >= 4 is 0 Å². The SMILES string of the molecule is COCO[C@H]1CN2C([C@@H]1OCOC)N1C[C@H](OCOC)[C@@H](OCOC)C1N1C[C@H](OCOC)[C@@H](OCOC)C21. The molecule has 0 aromatic heterocycles. The summed E-state index contributed by atoms with van der Waals surface area (Å²) in [6.07, 6.45) is -2.52. The van der Waals surface area contributed by atoms with Gasteiger partial charge in [-0.3, -0.25) is 14.7 Å². The number of hydrogen-bond acceptors (Lipinski definition) is 15. The lowest BCUT2D eigenvalue weighted by Crippen LogP contribution is -2.71. The van der Waals surface area contributed by atoms with E-state index < -0.39 is 0 Å². The van der Waals surface area contributed by atoms with Crippen LogP contribution in [-0.2, 0) is 56.8 Å². The van der Waals surface area contributed by atoms with E-state index in [0.717, 1.165) is 0 Å². The molecule has 4 fully saturated rings. The molecule has 0 spiro atoms. The van der Waals surface area contributed by atoms with Gasteiger partial charge in [0.2, 0.25) is 0 Å². The van der Waals surface area contributed by atoms with Gasteiger partial charge in [0.1, 0.15) is 77.4 Å². The minimum Gasteiger partial charge on any atom is -0.359 e. The quantitative estimate of drug-likeness (QED) is 0.185. The van der Waals surface area contributed by atoms with Crippen LogP contribution in [0.3, 0.4) is 0 Å². The van der Waals surface area contributed by atoms with Gasteiger partial charge < -0.3 is 56.8 Å². The van der Waals surface area contributed by atoms with Crippen molar-refractivity contribution in [2.75, 3.05) is 103 Å². The molecule has 0 aliphatic carbocycles. The average molecular weight is 568 g/mol. The summed E-state index contributed by atoms with van der Waals surface area (Å²) < 4.78 is 68.9. The summed E-state index contributed by atoms with van der Waals surface area (Å²) in [6.45, 7) is 2.48. The van der Waals surface area contributed by atoms with Gasteiger partial charge >= 0.3 is 0 Å². The molecule has 15 nitrogen and oxygen atoms in total. The van der Waals surface area contributed by atoms with E-state index in [1.165, 1.54) is 0 Å². The molecule has 0 radical (unpaired) electrons. The van der Waals surface area contributed by atoms with Crippen molar-refractivity contribution < 1.29 is 56.8 Å². The zero-order valence-corrected chi connectivity index (χ0v) is 23.8. The fraction of sp³-hybridized carbons (Fsp3) is 1.00. The van der Waals surface area contributed by atoms with Crippen molar-refractivity contribution in [3.63, 3.8) is 0 Å². The summed E-state index contributed by atoms with van der Waals surface area (Å²) in [5.74, 6) is 0. The zero-order valence-electron chi connectivity index (χ0n) is 23.8. The van der Waals surface area contributed by atoms with E-state index in [2.05, 4.69) is 14.7 Å². The van der Waals surface area contributed by atoms with Crippen LogP contribution in [0.1, 0.15) is 0 Å². The van der Waals surface area contributed by atoms with Gasteiger partial charge in [0.15, 0.2) is 0 Å². The molecule has 4 rings (SSSR count). The largest absolute Gasteiger partial charge is 0.359 e. The van der Waals surface area contributed by atoms with Crippen LogP contribution in [0.2, 0.25) is 0 Å². The first-order chi connectivity index (χ1) is 19.1. The molecule has 0 unspecified atom stereocenters. The second kappa shape index (κ2) is 15.6. The van der Waals surface area contributed by atoms with E-state index in [0.29, 0.717) is 19.6 Å². The minimum atomic E-state index is -0.351. The summed E-state index contributed by atoms with van der Waals surface area (Å²) in [5.41, 5.74) is 0. The minimum absolute atomic E-state index is 0.116. The molecule has 6 atom stereocenters. The van der Waals surface area contributed by atoms with Gasteiger partial charge in [0.25, 0.3) is 0 Å². The Kier molecular flexibility index (Phi) is 12.5. The summed E-state index contributed by atoms with van der Waals surface area (Å²) in [7, 11) is 9.61. The lowest BCUT2D eigenvalue weighted by molar-refractivity contribution is -0.224. The average Bonchev–Trinajstić information content (AvgIpc) is 3.61. The van der Waals surface area contributed by atoms with E-state index in [4.69, 9.17) is 56.8 Å². The fourth-order valence-electron chi connectivity index (χ4n) is 6.26. The molecule has 4 aliphatic heterocycles. The third-order valence-electron chi connectivity index (χ3n) is 7.53. The van der Waals surface area contributed by atoms with Gasteiger partial charge in [0, 0.05) is 62.3 Å². The highest BCUT2D eigenvalue weighted by Crippen LogP contribution is 2.46. The van der Waals surface area contributed by atoms with Crippen molar-refractivity contribution in [1.29, 1.82) is 0 Å². The Balaban J connectivity index is 1.73. The highest BCUT2D eigenvalue weighted by atomic mass is 16.7. The molecule has 0 saturated carbocycles. The van der Waals surface area contributed by atoms with Gasteiger partial charge in [0.05, 0.1) is 18.5 Å². The molecule has 4 aliphatic rings. The van der Waals surface area contributed by atoms with Gasteiger partial charge in [-0.15, -0.1) is 0 Å². The van der Waals surface area contributed by atoms with E-state index in [1.54, 1.807) is 42.7 Å².